The summed E-state index contributed by atoms with van der Waals surface area (Å²) in [5.74, 6) is -1.09. The molecule has 1 N–H and O–H groups in total. The Hall–Kier alpha value is -2.80. The van der Waals surface area contributed by atoms with Crippen LogP contribution >= 0.6 is 11.8 Å². The van der Waals surface area contributed by atoms with Gasteiger partial charge in [0.1, 0.15) is 0 Å². The minimum Gasteiger partial charge on any atom is -0.452 e. The van der Waals surface area contributed by atoms with Crippen LogP contribution in [-0.2, 0) is 14.3 Å². The molecule has 27 heavy (non-hydrogen) atoms. The van der Waals surface area contributed by atoms with E-state index in [9.17, 15) is 14.4 Å². The number of fused-ring (bicyclic) bond motifs is 1. The van der Waals surface area contributed by atoms with Gasteiger partial charge in [-0.1, -0.05) is 12.1 Å². The van der Waals surface area contributed by atoms with Crippen LogP contribution in [0.3, 0.4) is 0 Å². The quantitative estimate of drug-likeness (QED) is 0.646. The zero-order valence-corrected chi connectivity index (χ0v) is 15.9. The van der Waals surface area contributed by atoms with Gasteiger partial charge in [0.2, 0.25) is 5.91 Å². The van der Waals surface area contributed by atoms with Crippen LogP contribution in [0.4, 0.5) is 11.4 Å². The van der Waals surface area contributed by atoms with Crippen molar-refractivity contribution in [3.63, 3.8) is 0 Å². The van der Waals surface area contributed by atoms with Crippen molar-refractivity contribution in [2.45, 2.75) is 24.3 Å². The molecule has 0 spiro atoms. The van der Waals surface area contributed by atoms with Crippen LogP contribution in [0.25, 0.3) is 0 Å². The van der Waals surface area contributed by atoms with Crippen molar-refractivity contribution in [2.24, 2.45) is 0 Å². The van der Waals surface area contributed by atoms with Crippen molar-refractivity contribution in [2.75, 3.05) is 23.1 Å². The van der Waals surface area contributed by atoms with Gasteiger partial charge in [0.25, 0.3) is 5.91 Å². The first-order valence-corrected chi connectivity index (χ1v) is 9.74. The lowest BCUT2D eigenvalue weighted by atomic mass is 10.1. The number of hydrogen-bond donors (Lipinski definition) is 1. The summed E-state index contributed by atoms with van der Waals surface area (Å²) in [7, 11) is 0. The van der Waals surface area contributed by atoms with E-state index in [0.717, 1.165) is 4.90 Å². The standard InChI is InChI=1S/C20H20N2O4S/c1-13-11-18(23)21-16-5-3-4-6-17(16)22(13)19(24)12-26-20(25)14-7-9-15(27-2)10-8-14/h3-10,13H,11-12H2,1-2H3,(H,21,23)/t13-/m1/s1. The summed E-state index contributed by atoms with van der Waals surface area (Å²) in [5.41, 5.74) is 1.56. The number of para-hydroxylation sites is 2. The number of amides is 2. The topological polar surface area (TPSA) is 75.7 Å². The molecule has 0 saturated carbocycles. The number of hydrogen-bond acceptors (Lipinski definition) is 5. The number of benzene rings is 2. The molecule has 6 nitrogen and oxygen atoms in total. The maximum Gasteiger partial charge on any atom is 0.338 e. The molecule has 1 atom stereocenters. The van der Waals surface area contributed by atoms with E-state index >= 15 is 0 Å². The Labute approximate surface area is 161 Å². The average Bonchev–Trinajstić information content (AvgIpc) is 2.80. The van der Waals surface area contributed by atoms with Crippen LogP contribution < -0.4 is 10.2 Å². The zero-order chi connectivity index (χ0) is 19.4. The van der Waals surface area contributed by atoms with Crippen LogP contribution in [0, 0.1) is 0 Å². The second-order valence-corrected chi connectivity index (χ2v) is 7.07. The predicted octanol–water partition coefficient (Wildman–Crippen LogP) is 3.33. The van der Waals surface area contributed by atoms with Gasteiger partial charge >= 0.3 is 5.97 Å². The molecule has 0 bridgehead atoms. The van der Waals surface area contributed by atoms with Crippen LogP contribution in [0.1, 0.15) is 23.7 Å². The molecule has 0 radical (unpaired) electrons. The van der Waals surface area contributed by atoms with E-state index in [1.54, 1.807) is 55.1 Å². The number of carbonyl (C=O) groups excluding carboxylic acids is 3. The van der Waals surface area contributed by atoms with Gasteiger partial charge < -0.3 is 15.0 Å². The summed E-state index contributed by atoms with van der Waals surface area (Å²) >= 11 is 1.58. The first-order valence-electron chi connectivity index (χ1n) is 8.51. The number of nitrogens with one attached hydrogen (secondary N) is 1. The molecule has 0 fully saturated rings. The van der Waals surface area contributed by atoms with Crippen LogP contribution in [0.15, 0.2) is 53.4 Å². The van der Waals surface area contributed by atoms with Crippen molar-refractivity contribution in [1.82, 2.24) is 0 Å². The fraction of sp³-hybridized carbons (Fsp3) is 0.250. The van der Waals surface area contributed by atoms with Gasteiger partial charge in [0.05, 0.1) is 16.9 Å². The third-order valence-corrected chi connectivity index (χ3v) is 5.02. The van der Waals surface area contributed by atoms with Gasteiger partial charge in [-0.2, -0.15) is 0 Å². The highest BCUT2D eigenvalue weighted by molar-refractivity contribution is 7.98. The Bertz CT molecular complexity index is 867. The Morgan fingerprint density at radius 1 is 1.19 bits per heavy atom. The molecule has 0 aliphatic carbocycles. The van der Waals surface area contributed by atoms with Crippen molar-refractivity contribution >= 4 is 40.9 Å². The smallest absolute Gasteiger partial charge is 0.338 e. The lowest BCUT2D eigenvalue weighted by Gasteiger charge is -2.27. The SMILES string of the molecule is CSc1ccc(C(=O)OCC(=O)N2c3ccccc3NC(=O)C[C@H]2C)cc1. The molecule has 1 aliphatic heterocycles. The van der Waals surface area contributed by atoms with E-state index in [1.165, 1.54) is 4.90 Å². The highest BCUT2D eigenvalue weighted by atomic mass is 32.2. The number of carbonyl (C=O) groups is 3. The molecule has 1 heterocycles. The van der Waals surface area contributed by atoms with Gasteiger partial charge in [0, 0.05) is 17.4 Å². The highest BCUT2D eigenvalue weighted by Gasteiger charge is 2.30. The zero-order valence-electron chi connectivity index (χ0n) is 15.1. The fourth-order valence-electron chi connectivity index (χ4n) is 2.98. The van der Waals surface area contributed by atoms with E-state index in [0.29, 0.717) is 16.9 Å². The molecule has 0 unspecified atom stereocenters. The lowest BCUT2D eigenvalue weighted by molar-refractivity contribution is -0.122. The third-order valence-electron chi connectivity index (χ3n) is 4.28. The second-order valence-electron chi connectivity index (χ2n) is 6.19. The minimum absolute atomic E-state index is 0.156. The van der Waals surface area contributed by atoms with Crippen LogP contribution in [0.5, 0.6) is 0 Å². The largest absolute Gasteiger partial charge is 0.452 e. The first-order chi connectivity index (χ1) is 13.0. The Morgan fingerprint density at radius 2 is 1.89 bits per heavy atom. The summed E-state index contributed by atoms with van der Waals surface area (Å²) < 4.78 is 5.21. The summed E-state index contributed by atoms with van der Waals surface area (Å²) in [5, 5.41) is 2.80. The van der Waals surface area contributed by atoms with E-state index < -0.39 is 12.6 Å². The van der Waals surface area contributed by atoms with Crippen molar-refractivity contribution in [3.8, 4) is 0 Å². The molecule has 0 saturated heterocycles. The van der Waals surface area contributed by atoms with Gasteiger partial charge in [0.15, 0.2) is 6.61 Å². The third kappa shape index (κ3) is 4.31. The Balaban J connectivity index is 1.72. The molecule has 2 aromatic carbocycles. The summed E-state index contributed by atoms with van der Waals surface area (Å²) in [6.45, 7) is 1.40. The van der Waals surface area contributed by atoms with Gasteiger partial charge in [-0.25, -0.2) is 4.79 Å². The Morgan fingerprint density at radius 3 is 2.59 bits per heavy atom. The van der Waals surface area contributed by atoms with Crippen molar-refractivity contribution in [1.29, 1.82) is 0 Å². The number of anilines is 2. The van der Waals surface area contributed by atoms with E-state index in [1.807, 2.05) is 18.4 Å². The molecule has 1 aliphatic rings. The number of esters is 1. The van der Waals surface area contributed by atoms with Crippen molar-refractivity contribution < 1.29 is 19.1 Å². The molecule has 2 amide bonds. The fourth-order valence-corrected chi connectivity index (χ4v) is 3.38. The Kier molecular flexibility index (Phi) is 5.81. The molecule has 140 valence electrons. The van der Waals surface area contributed by atoms with Gasteiger partial charge in [-0.05, 0) is 49.6 Å². The maximum absolute atomic E-state index is 12.8. The van der Waals surface area contributed by atoms with Gasteiger partial charge in [-0.15, -0.1) is 11.8 Å². The van der Waals surface area contributed by atoms with E-state index in [2.05, 4.69) is 5.32 Å². The predicted molar refractivity (Wildman–Crippen MR) is 105 cm³/mol. The molecule has 2 aromatic rings. The normalized spacial score (nSPS) is 16.1. The summed E-state index contributed by atoms with van der Waals surface area (Å²) in [4.78, 5) is 39.5. The number of rotatable bonds is 4. The lowest BCUT2D eigenvalue weighted by Crippen LogP contribution is -2.41. The van der Waals surface area contributed by atoms with E-state index in [-0.39, 0.29) is 24.3 Å². The second kappa shape index (κ2) is 8.26. The van der Waals surface area contributed by atoms with Crippen molar-refractivity contribution in [3.05, 3.63) is 54.1 Å². The summed E-state index contributed by atoms with van der Waals surface area (Å²) in [6, 6.07) is 13.7. The highest BCUT2D eigenvalue weighted by Crippen LogP contribution is 2.31. The molecular weight excluding hydrogens is 364 g/mol. The average molecular weight is 384 g/mol. The number of nitrogens with zero attached hydrogens (tertiary/aromatic N) is 1. The van der Waals surface area contributed by atoms with Gasteiger partial charge in [-0.3, -0.25) is 9.59 Å². The van der Waals surface area contributed by atoms with Crippen LogP contribution in [0.2, 0.25) is 0 Å². The van der Waals surface area contributed by atoms with E-state index in [4.69, 9.17) is 4.74 Å². The monoisotopic (exact) mass is 384 g/mol. The minimum atomic E-state index is -0.555. The number of ether oxygens (including phenoxy) is 1. The molecule has 7 heteroatoms. The number of thioether (sulfide) groups is 1. The maximum atomic E-state index is 12.8. The molecular formula is C20H20N2O4S. The first kappa shape index (κ1) is 19.0. The molecule has 3 rings (SSSR count). The molecule has 0 aromatic heterocycles. The van der Waals surface area contributed by atoms with Crippen LogP contribution in [-0.4, -0.2) is 36.7 Å². The summed E-state index contributed by atoms with van der Waals surface area (Å²) in [6.07, 6.45) is 2.12.